The van der Waals surface area contributed by atoms with Crippen LogP contribution in [0.25, 0.3) is 10.2 Å². The molecule has 0 bridgehead atoms. The van der Waals surface area contributed by atoms with Crippen molar-refractivity contribution in [1.29, 1.82) is 0 Å². The van der Waals surface area contributed by atoms with Crippen LogP contribution in [0.4, 0.5) is 17.5 Å². The van der Waals surface area contributed by atoms with Gasteiger partial charge in [-0.3, -0.25) is 0 Å². The van der Waals surface area contributed by atoms with Gasteiger partial charge in [0.25, 0.3) is 0 Å². The fraction of sp³-hybridized carbons (Fsp3) is 0. The Morgan fingerprint density at radius 1 is 1.26 bits per heavy atom. The molecule has 7 heteroatoms. The Bertz CT molecular complexity index is 759. The summed E-state index contributed by atoms with van der Waals surface area (Å²) < 4.78 is 0.933. The predicted molar refractivity (Wildman–Crippen MR) is 84.3 cm³/mol. The molecular formula is C12H8BrClN4S. The second-order valence-electron chi connectivity index (χ2n) is 3.82. The summed E-state index contributed by atoms with van der Waals surface area (Å²) in [6.07, 6.45) is 0. The van der Waals surface area contributed by atoms with Crippen molar-refractivity contribution in [2.24, 2.45) is 0 Å². The van der Waals surface area contributed by atoms with Crippen LogP contribution >= 0.6 is 38.9 Å². The van der Waals surface area contributed by atoms with E-state index >= 15 is 0 Å². The number of hydrogen-bond donors (Lipinski definition) is 2. The van der Waals surface area contributed by atoms with E-state index in [1.807, 2.05) is 29.6 Å². The van der Waals surface area contributed by atoms with Crippen LogP contribution in [0.1, 0.15) is 0 Å². The van der Waals surface area contributed by atoms with Gasteiger partial charge < -0.3 is 11.1 Å². The molecule has 0 fully saturated rings. The van der Waals surface area contributed by atoms with Crippen LogP contribution in [-0.2, 0) is 0 Å². The minimum absolute atomic E-state index is 0.239. The second kappa shape index (κ2) is 4.96. The molecule has 96 valence electrons. The van der Waals surface area contributed by atoms with Crippen molar-refractivity contribution in [3.63, 3.8) is 0 Å². The number of nitrogens with zero attached hydrogens (tertiary/aromatic N) is 2. The summed E-state index contributed by atoms with van der Waals surface area (Å²) in [5.41, 5.74) is 6.47. The Balaban J connectivity index is 2.10. The third-order valence-corrected chi connectivity index (χ3v) is 4.15. The van der Waals surface area contributed by atoms with E-state index in [0.717, 1.165) is 20.4 Å². The third-order valence-electron chi connectivity index (χ3n) is 2.52. The van der Waals surface area contributed by atoms with E-state index in [9.17, 15) is 0 Å². The summed E-state index contributed by atoms with van der Waals surface area (Å²) in [5.74, 6) is 0.896. The van der Waals surface area contributed by atoms with Crippen LogP contribution in [0.5, 0.6) is 0 Å². The molecule has 1 aromatic carbocycles. The monoisotopic (exact) mass is 354 g/mol. The van der Waals surface area contributed by atoms with Gasteiger partial charge in [0.1, 0.15) is 10.6 Å². The van der Waals surface area contributed by atoms with Crippen molar-refractivity contribution in [3.05, 3.63) is 39.1 Å². The Hall–Kier alpha value is -1.37. The zero-order valence-electron chi connectivity index (χ0n) is 9.52. The van der Waals surface area contributed by atoms with E-state index in [0.29, 0.717) is 10.8 Å². The van der Waals surface area contributed by atoms with Gasteiger partial charge in [-0.05, 0) is 29.6 Å². The lowest BCUT2D eigenvalue weighted by Crippen LogP contribution is -2.00. The largest absolute Gasteiger partial charge is 0.368 e. The van der Waals surface area contributed by atoms with Crippen molar-refractivity contribution in [2.45, 2.75) is 0 Å². The number of nitrogens with one attached hydrogen (secondary N) is 1. The fourth-order valence-corrected chi connectivity index (χ4v) is 2.98. The van der Waals surface area contributed by atoms with E-state index in [4.69, 9.17) is 17.3 Å². The van der Waals surface area contributed by atoms with E-state index in [2.05, 4.69) is 31.2 Å². The number of halogens is 2. The Labute approximate surface area is 126 Å². The van der Waals surface area contributed by atoms with Gasteiger partial charge >= 0.3 is 0 Å². The molecule has 19 heavy (non-hydrogen) atoms. The number of nitrogens with two attached hydrogens (primary N) is 1. The van der Waals surface area contributed by atoms with Gasteiger partial charge in [0.05, 0.1) is 16.1 Å². The topological polar surface area (TPSA) is 63.8 Å². The number of nitrogen functional groups attached to an aromatic ring is 1. The second-order valence-corrected chi connectivity index (χ2v) is 6.04. The van der Waals surface area contributed by atoms with Crippen LogP contribution in [0.2, 0.25) is 5.02 Å². The smallest absolute Gasteiger partial charge is 0.223 e. The van der Waals surface area contributed by atoms with Crippen molar-refractivity contribution in [1.82, 2.24) is 9.97 Å². The summed E-state index contributed by atoms with van der Waals surface area (Å²) in [5, 5.41) is 6.69. The zero-order chi connectivity index (χ0) is 13.4. The van der Waals surface area contributed by atoms with Crippen LogP contribution in [0, 0.1) is 0 Å². The number of aromatic nitrogens is 2. The molecule has 3 aromatic rings. The maximum Gasteiger partial charge on any atom is 0.223 e. The highest BCUT2D eigenvalue weighted by Gasteiger charge is 2.09. The van der Waals surface area contributed by atoms with Gasteiger partial charge in [0, 0.05) is 4.47 Å². The molecule has 3 N–H and O–H groups in total. The minimum Gasteiger partial charge on any atom is -0.368 e. The highest BCUT2D eigenvalue weighted by Crippen LogP contribution is 2.32. The first-order chi connectivity index (χ1) is 9.13. The molecule has 3 rings (SSSR count). The maximum absolute atomic E-state index is 6.16. The average molecular weight is 356 g/mol. The van der Waals surface area contributed by atoms with Crippen LogP contribution < -0.4 is 11.1 Å². The van der Waals surface area contributed by atoms with E-state index in [1.165, 1.54) is 11.3 Å². The Morgan fingerprint density at radius 3 is 2.95 bits per heavy atom. The van der Waals surface area contributed by atoms with Gasteiger partial charge in [-0.25, -0.2) is 4.98 Å². The van der Waals surface area contributed by atoms with E-state index in [-0.39, 0.29) is 5.95 Å². The molecule has 0 saturated carbocycles. The quantitative estimate of drug-likeness (QED) is 0.713. The summed E-state index contributed by atoms with van der Waals surface area (Å²) in [7, 11) is 0. The molecule has 0 unspecified atom stereocenters. The normalized spacial score (nSPS) is 10.8. The summed E-state index contributed by atoms with van der Waals surface area (Å²) in [6, 6.07) is 7.53. The van der Waals surface area contributed by atoms with Crippen LogP contribution in [0.3, 0.4) is 0 Å². The molecule has 0 amide bonds. The highest BCUT2D eigenvalue weighted by atomic mass is 79.9. The van der Waals surface area contributed by atoms with E-state index in [1.54, 1.807) is 0 Å². The summed E-state index contributed by atoms with van der Waals surface area (Å²) in [6.45, 7) is 0. The molecule has 0 aliphatic heterocycles. The predicted octanol–water partition coefficient (Wildman–Crippen LogP) is 4.43. The highest BCUT2D eigenvalue weighted by molar-refractivity contribution is 9.10. The van der Waals surface area contributed by atoms with Gasteiger partial charge in [-0.1, -0.05) is 27.5 Å². The lowest BCUT2D eigenvalue weighted by Gasteiger charge is -2.09. The summed E-state index contributed by atoms with van der Waals surface area (Å²) in [4.78, 5) is 9.26. The van der Waals surface area contributed by atoms with Gasteiger partial charge in [-0.15, -0.1) is 11.3 Å². The molecule has 4 nitrogen and oxygen atoms in total. The molecule has 0 spiro atoms. The first-order valence-electron chi connectivity index (χ1n) is 5.36. The fourth-order valence-electron chi connectivity index (χ4n) is 1.69. The van der Waals surface area contributed by atoms with Crippen molar-refractivity contribution < 1.29 is 0 Å². The lowest BCUT2D eigenvalue weighted by molar-refractivity contribution is 1.24. The number of thiophene rings is 1. The molecule has 2 heterocycles. The van der Waals surface area contributed by atoms with Crippen LogP contribution in [-0.4, -0.2) is 9.97 Å². The zero-order valence-corrected chi connectivity index (χ0v) is 12.7. The van der Waals surface area contributed by atoms with Crippen molar-refractivity contribution >= 4 is 66.5 Å². The number of benzene rings is 1. The van der Waals surface area contributed by atoms with Crippen LogP contribution in [0.15, 0.2) is 34.1 Å². The SMILES string of the molecule is Nc1nc(Nc2cc(Br)ccc2Cl)c2ccsc2n1. The molecule has 0 saturated heterocycles. The molecule has 0 atom stereocenters. The Morgan fingerprint density at radius 2 is 2.11 bits per heavy atom. The first-order valence-corrected chi connectivity index (χ1v) is 7.41. The van der Waals surface area contributed by atoms with Gasteiger partial charge in [0.15, 0.2) is 0 Å². The Kier molecular flexibility index (Phi) is 3.30. The standard InChI is InChI=1S/C12H8BrClN4S/c13-6-1-2-8(14)9(5-6)16-10-7-3-4-19-11(7)18-12(15)17-10/h1-5H,(H3,15,16,17,18). The summed E-state index contributed by atoms with van der Waals surface area (Å²) >= 11 is 11.1. The maximum atomic E-state index is 6.16. The molecule has 2 aromatic heterocycles. The molecule has 0 radical (unpaired) electrons. The van der Waals surface area contributed by atoms with Crippen molar-refractivity contribution in [3.8, 4) is 0 Å². The lowest BCUT2D eigenvalue weighted by atomic mass is 10.3. The third kappa shape index (κ3) is 2.51. The molecule has 0 aliphatic rings. The van der Waals surface area contributed by atoms with Gasteiger partial charge in [0.2, 0.25) is 5.95 Å². The molecule has 0 aliphatic carbocycles. The number of fused-ring (bicyclic) bond motifs is 1. The van der Waals surface area contributed by atoms with Gasteiger partial charge in [-0.2, -0.15) is 4.98 Å². The van der Waals surface area contributed by atoms with Crippen molar-refractivity contribution in [2.75, 3.05) is 11.1 Å². The van der Waals surface area contributed by atoms with E-state index < -0.39 is 0 Å². The molecular weight excluding hydrogens is 348 g/mol. The average Bonchev–Trinajstić information content (AvgIpc) is 2.82. The number of rotatable bonds is 2. The minimum atomic E-state index is 0.239. The first kappa shape index (κ1) is 12.7. The number of anilines is 3. The number of hydrogen-bond acceptors (Lipinski definition) is 5.